The van der Waals surface area contributed by atoms with E-state index >= 15 is 0 Å². The summed E-state index contributed by atoms with van der Waals surface area (Å²) in [4.78, 5) is 24.8. The molecule has 2 aliphatic heterocycles. The molecule has 6 nitrogen and oxygen atoms in total. The number of carboxylic acid groups (broad SMARTS) is 1. The van der Waals surface area contributed by atoms with Crippen molar-refractivity contribution in [1.82, 2.24) is 4.90 Å². The molecule has 0 radical (unpaired) electrons. The van der Waals surface area contributed by atoms with Crippen LogP contribution in [0, 0.1) is 5.92 Å². The number of ether oxygens (including phenoxy) is 2. The van der Waals surface area contributed by atoms with Crippen LogP contribution in [0.3, 0.4) is 0 Å². The first kappa shape index (κ1) is 12.8. The van der Waals surface area contributed by atoms with Crippen molar-refractivity contribution >= 4 is 11.9 Å². The third-order valence-corrected chi connectivity index (χ3v) is 3.92. The van der Waals surface area contributed by atoms with E-state index in [-0.39, 0.29) is 19.1 Å². The molecule has 1 amide bonds. The summed E-state index contributed by atoms with van der Waals surface area (Å²) in [5, 5.41) is 9.37. The second kappa shape index (κ2) is 4.70. The largest absolute Gasteiger partial charge is 0.481 e. The van der Waals surface area contributed by atoms with Crippen LogP contribution < -0.4 is 9.47 Å². The molecule has 1 aromatic carbocycles. The first-order valence-corrected chi connectivity index (χ1v) is 6.46. The Labute approximate surface area is 115 Å². The van der Waals surface area contributed by atoms with Gasteiger partial charge < -0.3 is 19.5 Å². The Morgan fingerprint density at radius 1 is 1.35 bits per heavy atom. The molecule has 20 heavy (non-hydrogen) atoms. The number of likely N-dealkylation sites (tertiary alicyclic amines) is 1. The second-order valence-corrected chi connectivity index (χ2v) is 5.05. The Balaban J connectivity index is 1.99. The molecule has 0 spiro atoms. The molecule has 0 aliphatic carbocycles. The number of benzene rings is 1. The molecule has 0 unspecified atom stereocenters. The monoisotopic (exact) mass is 277 g/mol. The highest BCUT2D eigenvalue weighted by Gasteiger charge is 2.39. The van der Waals surface area contributed by atoms with Gasteiger partial charge in [0.25, 0.3) is 0 Å². The molecule has 1 aromatic rings. The number of rotatable bonds is 2. The minimum absolute atomic E-state index is 0.0369. The van der Waals surface area contributed by atoms with Gasteiger partial charge in [0.05, 0.1) is 12.0 Å². The van der Waals surface area contributed by atoms with Gasteiger partial charge in [-0.25, -0.2) is 0 Å². The number of piperidine rings is 1. The van der Waals surface area contributed by atoms with E-state index in [9.17, 15) is 14.7 Å². The van der Waals surface area contributed by atoms with Gasteiger partial charge in [0.1, 0.15) is 0 Å². The summed E-state index contributed by atoms with van der Waals surface area (Å²) in [5.41, 5.74) is 0.761. The zero-order valence-corrected chi connectivity index (χ0v) is 11.0. The summed E-state index contributed by atoms with van der Waals surface area (Å²) in [6, 6.07) is 4.84. The van der Waals surface area contributed by atoms with Crippen LogP contribution in [0.15, 0.2) is 18.2 Å². The molecule has 6 heteroatoms. The first-order valence-electron chi connectivity index (χ1n) is 6.46. The molecule has 0 saturated carbocycles. The summed E-state index contributed by atoms with van der Waals surface area (Å²) in [7, 11) is 1.65. The van der Waals surface area contributed by atoms with Crippen LogP contribution in [0.2, 0.25) is 0 Å². The minimum atomic E-state index is -0.882. The Kier molecular flexibility index (Phi) is 3.00. The highest BCUT2D eigenvalue weighted by Crippen LogP contribution is 2.40. The SMILES string of the molecule is CN1C(=O)CC[C@@H](C(=O)O)[C@H]1c1ccc2c(c1)OCO2. The van der Waals surface area contributed by atoms with Crippen LogP contribution in [0.25, 0.3) is 0 Å². The maximum atomic E-state index is 11.9. The van der Waals surface area contributed by atoms with E-state index in [1.807, 2.05) is 0 Å². The summed E-state index contributed by atoms with van der Waals surface area (Å²) in [6.45, 7) is 0.167. The zero-order chi connectivity index (χ0) is 14.3. The minimum Gasteiger partial charge on any atom is -0.481 e. The van der Waals surface area contributed by atoms with E-state index in [4.69, 9.17) is 9.47 Å². The lowest BCUT2D eigenvalue weighted by Crippen LogP contribution is -2.42. The molecule has 2 atom stereocenters. The predicted octanol–water partition coefficient (Wildman–Crippen LogP) is 1.41. The number of nitrogens with zero attached hydrogens (tertiary/aromatic N) is 1. The van der Waals surface area contributed by atoms with Gasteiger partial charge in [-0.05, 0) is 24.1 Å². The van der Waals surface area contributed by atoms with Crippen LogP contribution in [-0.4, -0.2) is 35.7 Å². The molecule has 2 aliphatic rings. The van der Waals surface area contributed by atoms with Crippen molar-refractivity contribution in [3.8, 4) is 11.5 Å². The lowest BCUT2D eigenvalue weighted by atomic mass is 9.84. The van der Waals surface area contributed by atoms with E-state index in [0.717, 1.165) is 5.56 Å². The van der Waals surface area contributed by atoms with Gasteiger partial charge in [-0.15, -0.1) is 0 Å². The van der Waals surface area contributed by atoms with E-state index in [0.29, 0.717) is 17.9 Å². The van der Waals surface area contributed by atoms with Crippen molar-refractivity contribution in [2.45, 2.75) is 18.9 Å². The van der Waals surface area contributed by atoms with Gasteiger partial charge in [-0.3, -0.25) is 9.59 Å². The lowest BCUT2D eigenvalue weighted by Gasteiger charge is -2.37. The van der Waals surface area contributed by atoms with Gasteiger partial charge >= 0.3 is 5.97 Å². The quantitative estimate of drug-likeness (QED) is 0.884. The van der Waals surface area contributed by atoms with E-state index < -0.39 is 17.9 Å². The summed E-state index contributed by atoms with van der Waals surface area (Å²) < 4.78 is 10.6. The first-order chi connectivity index (χ1) is 9.58. The molecule has 0 aromatic heterocycles. The smallest absolute Gasteiger partial charge is 0.308 e. The van der Waals surface area contributed by atoms with E-state index in [2.05, 4.69) is 0 Å². The molecule has 0 bridgehead atoms. The molecular weight excluding hydrogens is 262 g/mol. The Morgan fingerprint density at radius 2 is 2.10 bits per heavy atom. The molecule has 1 saturated heterocycles. The molecule has 2 heterocycles. The number of carbonyl (C=O) groups is 2. The van der Waals surface area contributed by atoms with Crippen molar-refractivity contribution < 1.29 is 24.2 Å². The van der Waals surface area contributed by atoms with Crippen LogP contribution in [0.1, 0.15) is 24.4 Å². The Hall–Kier alpha value is -2.24. The highest BCUT2D eigenvalue weighted by molar-refractivity contribution is 5.81. The van der Waals surface area contributed by atoms with E-state index in [1.54, 1.807) is 25.2 Å². The molecule has 1 N–H and O–H groups in total. The van der Waals surface area contributed by atoms with E-state index in [1.165, 1.54) is 4.90 Å². The third-order valence-electron chi connectivity index (χ3n) is 3.92. The standard InChI is InChI=1S/C14H15NO5/c1-15-12(16)5-3-9(14(17)18)13(15)8-2-4-10-11(6-8)20-7-19-10/h2,4,6,9,13H,3,5,7H2,1H3,(H,17,18)/t9-,13-/m1/s1. The number of carboxylic acids is 1. The molecule has 3 rings (SSSR count). The highest BCUT2D eigenvalue weighted by atomic mass is 16.7. The molecule has 106 valence electrons. The predicted molar refractivity (Wildman–Crippen MR) is 68.4 cm³/mol. The van der Waals surface area contributed by atoms with Crippen molar-refractivity contribution in [2.75, 3.05) is 13.8 Å². The van der Waals surface area contributed by atoms with Crippen molar-refractivity contribution in [1.29, 1.82) is 0 Å². The fourth-order valence-electron chi connectivity index (χ4n) is 2.85. The van der Waals surface area contributed by atoms with Gasteiger partial charge in [-0.2, -0.15) is 0 Å². The average Bonchev–Trinajstić information content (AvgIpc) is 2.88. The summed E-state index contributed by atoms with van der Waals surface area (Å²) in [5.74, 6) is -0.279. The maximum absolute atomic E-state index is 11.9. The lowest BCUT2D eigenvalue weighted by molar-refractivity contribution is -0.150. The van der Waals surface area contributed by atoms with Crippen LogP contribution >= 0.6 is 0 Å². The molecule has 1 fully saturated rings. The fraction of sp³-hybridized carbons (Fsp3) is 0.429. The number of amides is 1. The maximum Gasteiger partial charge on any atom is 0.308 e. The van der Waals surface area contributed by atoms with Crippen LogP contribution in [0.5, 0.6) is 11.5 Å². The van der Waals surface area contributed by atoms with Crippen LogP contribution in [-0.2, 0) is 9.59 Å². The number of hydrogen-bond donors (Lipinski definition) is 1. The Bertz CT molecular complexity index is 571. The number of hydrogen-bond acceptors (Lipinski definition) is 4. The van der Waals surface area contributed by atoms with Gasteiger partial charge in [0, 0.05) is 13.5 Å². The second-order valence-electron chi connectivity index (χ2n) is 5.05. The van der Waals surface area contributed by atoms with Crippen molar-refractivity contribution in [2.24, 2.45) is 5.92 Å². The van der Waals surface area contributed by atoms with Crippen LogP contribution in [0.4, 0.5) is 0 Å². The topological polar surface area (TPSA) is 76.1 Å². The van der Waals surface area contributed by atoms with Crippen molar-refractivity contribution in [3.05, 3.63) is 23.8 Å². The fourth-order valence-corrected chi connectivity index (χ4v) is 2.85. The van der Waals surface area contributed by atoms with Gasteiger partial charge in [0.2, 0.25) is 12.7 Å². The average molecular weight is 277 g/mol. The number of aliphatic carboxylic acids is 1. The normalized spacial score (nSPS) is 24.9. The van der Waals surface area contributed by atoms with Crippen molar-refractivity contribution in [3.63, 3.8) is 0 Å². The zero-order valence-electron chi connectivity index (χ0n) is 11.0. The van der Waals surface area contributed by atoms with Gasteiger partial charge in [-0.1, -0.05) is 6.07 Å². The summed E-state index contributed by atoms with van der Waals surface area (Å²) in [6.07, 6.45) is 0.631. The number of fused-ring (bicyclic) bond motifs is 1. The number of carbonyl (C=O) groups excluding carboxylic acids is 1. The third kappa shape index (κ3) is 1.97. The molecular formula is C14H15NO5. The Morgan fingerprint density at radius 3 is 2.85 bits per heavy atom. The van der Waals surface area contributed by atoms with Gasteiger partial charge in [0.15, 0.2) is 11.5 Å². The summed E-state index contributed by atoms with van der Waals surface area (Å²) >= 11 is 0.